The number of nitrogens with zero attached hydrogens (tertiary/aromatic N) is 3. The van der Waals surface area contributed by atoms with Crippen LogP contribution in [-0.4, -0.2) is 58.2 Å². The molecule has 0 spiro atoms. The molecule has 0 aliphatic carbocycles. The van der Waals surface area contributed by atoms with Crippen molar-refractivity contribution in [3.05, 3.63) is 54.0 Å². The highest BCUT2D eigenvalue weighted by Gasteiger charge is 2.31. The van der Waals surface area contributed by atoms with E-state index in [2.05, 4.69) is 21.0 Å². The molecule has 5 rings (SSSR count). The third-order valence-electron chi connectivity index (χ3n) is 5.76. The van der Waals surface area contributed by atoms with E-state index in [4.69, 9.17) is 9.47 Å². The first kappa shape index (κ1) is 18.1. The Bertz CT molecular complexity index is 979. The van der Waals surface area contributed by atoms with Crippen molar-refractivity contribution >= 4 is 16.9 Å². The minimum absolute atomic E-state index is 0.0585. The molecule has 2 saturated heterocycles. The van der Waals surface area contributed by atoms with Crippen LogP contribution in [0.1, 0.15) is 41.4 Å². The topological polar surface area (TPSA) is 80.3 Å². The van der Waals surface area contributed by atoms with Gasteiger partial charge in [0.05, 0.1) is 17.6 Å². The number of carbonyl (C=O) groups excluding carboxylic acids is 1. The standard InChI is InChI=1S/C22H24N4O3/c27-22(20-24-18-5-1-2-6-19(18)25-20)26-11-7-16(14-26)29-21-17(4-3-10-23-21)15-8-12-28-13-9-15/h1-6,10,15-16H,7-9,11-14H2,(H,24,25)/t16-/m1/s1. The van der Waals surface area contributed by atoms with Gasteiger partial charge in [-0.25, -0.2) is 9.97 Å². The number of aromatic nitrogens is 3. The lowest BCUT2D eigenvalue weighted by atomic mass is 9.92. The summed E-state index contributed by atoms with van der Waals surface area (Å²) >= 11 is 0. The van der Waals surface area contributed by atoms with Crippen molar-refractivity contribution in [2.45, 2.75) is 31.3 Å². The van der Waals surface area contributed by atoms with E-state index >= 15 is 0 Å². The van der Waals surface area contributed by atoms with E-state index in [1.54, 1.807) is 11.1 Å². The summed E-state index contributed by atoms with van der Waals surface area (Å²) in [7, 11) is 0. The van der Waals surface area contributed by atoms with Crippen LogP contribution in [0.15, 0.2) is 42.6 Å². The molecule has 2 aliphatic rings. The lowest BCUT2D eigenvalue weighted by Gasteiger charge is -2.24. The maximum absolute atomic E-state index is 12.9. The second-order valence-corrected chi connectivity index (χ2v) is 7.67. The molecule has 0 unspecified atom stereocenters. The van der Waals surface area contributed by atoms with Crippen LogP contribution < -0.4 is 4.74 Å². The number of benzene rings is 1. The van der Waals surface area contributed by atoms with Gasteiger partial charge >= 0.3 is 0 Å². The molecule has 1 aromatic carbocycles. The largest absolute Gasteiger partial charge is 0.472 e. The summed E-state index contributed by atoms with van der Waals surface area (Å²) in [4.78, 5) is 26.7. The number of fused-ring (bicyclic) bond motifs is 1. The summed E-state index contributed by atoms with van der Waals surface area (Å²) in [5.41, 5.74) is 2.83. The molecule has 2 aliphatic heterocycles. The average molecular weight is 392 g/mol. The SMILES string of the molecule is O=C(c1nc2ccccc2[nH]1)N1CC[C@@H](Oc2ncccc2C2CCOCC2)C1. The molecule has 4 heterocycles. The Morgan fingerprint density at radius 1 is 1.14 bits per heavy atom. The zero-order valence-electron chi connectivity index (χ0n) is 16.2. The Morgan fingerprint density at radius 3 is 2.86 bits per heavy atom. The van der Waals surface area contributed by atoms with Crippen LogP contribution in [0, 0.1) is 0 Å². The van der Waals surface area contributed by atoms with Crippen molar-refractivity contribution < 1.29 is 14.3 Å². The number of likely N-dealkylation sites (tertiary alicyclic amines) is 1. The second kappa shape index (κ2) is 7.83. The molecule has 150 valence electrons. The van der Waals surface area contributed by atoms with E-state index < -0.39 is 0 Å². The van der Waals surface area contributed by atoms with E-state index in [0.29, 0.717) is 30.7 Å². The Kier molecular flexibility index (Phi) is 4.89. The van der Waals surface area contributed by atoms with Crippen LogP contribution in [0.2, 0.25) is 0 Å². The number of imidazole rings is 1. The molecule has 1 N–H and O–H groups in total. The van der Waals surface area contributed by atoms with Crippen LogP contribution in [-0.2, 0) is 4.74 Å². The summed E-state index contributed by atoms with van der Waals surface area (Å²) in [5.74, 6) is 1.41. The van der Waals surface area contributed by atoms with Gasteiger partial charge < -0.3 is 19.4 Å². The average Bonchev–Trinajstić information content (AvgIpc) is 3.41. The lowest BCUT2D eigenvalue weighted by molar-refractivity contribution is 0.0755. The van der Waals surface area contributed by atoms with Gasteiger partial charge in [-0.1, -0.05) is 18.2 Å². The Labute approximate surface area is 169 Å². The third kappa shape index (κ3) is 3.70. The molecule has 1 atom stereocenters. The summed E-state index contributed by atoms with van der Waals surface area (Å²) < 4.78 is 11.7. The summed E-state index contributed by atoms with van der Waals surface area (Å²) in [5, 5.41) is 0. The predicted octanol–water partition coefficient (Wildman–Crippen LogP) is 3.15. The minimum Gasteiger partial charge on any atom is -0.472 e. The molecule has 2 aromatic heterocycles. The highest BCUT2D eigenvalue weighted by atomic mass is 16.5. The van der Waals surface area contributed by atoms with Crippen molar-refractivity contribution in [2.24, 2.45) is 0 Å². The highest BCUT2D eigenvalue weighted by molar-refractivity contribution is 5.94. The van der Waals surface area contributed by atoms with E-state index in [0.717, 1.165) is 49.1 Å². The number of hydrogen-bond donors (Lipinski definition) is 1. The molecule has 0 bridgehead atoms. The monoisotopic (exact) mass is 392 g/mol. The highest BCUT2D eigenvalue weighted by Crippen LogP contribution is 2.33. The molecule has 0 saturated carbocycles. The van der Waals surface area contributed by atoms with Crippen LogP contribution in [0.3, 0.4) is 0 Å². The van der Waals surface area contributed by atoms with E-state index in [1.807, 2.05) is 30.3 Å². The van der Waals surface area contributed by atoms with Gasteiger partial charge in [-0.15, -0.1) is 0 Å². The van der Waals surface area contributed by atoms with Gasteiger partial charge in [-0.2, -0.15) is 0 Å². The Balaban J connectivity index is 1.27. The van der Waals surface area contributed by atoms with Gasteiger partial charge in [-0.3, -0.25) is 4.79 Å². The van der Waals surface area contributed by atoms with Gasteiger partial charge in [-0.05, 0) is 37.0 Å². The molecular formula is C22H24N4O3. The Morgan fingerprint density at radius 2 is 2.00 bits per heavy atom. The van der Waals surface area contributed by atoms with E-state index in [-0.39, 0.29) is 12.0 Å². The maximum Gasteiger partial charge on any atom is 0.289 e. The van der Waals surface area contributed by atoms with Crippen LogP contribution in [0.25, 0.3) is 11.0 Å². The first-order chi connectivity index (χ1) is 14.3. The normalized spacial score (nSPS) is 20.3. The fourth-order valence-electron chi connectivity index (χ4n) is 4.19. The fourth-order valence-corrected chi connectivity index (χ4v) is 4.19. The van der Waals surface area contributed by atoms with Crippen LogP contribution in [0.4, 0.5) is 0 Å². The molecule has 7 heteroatoms. The number of ether oxygens (including phenoxy) is 2. The van der Waals surface area contributed by atoms with Crippen molar-refractivity contribution in [3.8, 4) is 5.88 Å². The van der Waals surface area contributed by atoms with Crippen molar-refractivity contribution in [3.63, 3.8) is 0 Å². The molecule has 29 heavy (non-hydrogen) atoms. The lowest BCUT2D eigenvalue weighted by Crippen LogP contribution is -2.31. The van der Waals surface area contributed by atoms with Gasteiger partial charge in [0, 0.05) is 37.9 Å². The maximum atomic E-state index is 12.9. The van der Waals surface area contributed by atoms with Gasteiger partial charge in [0.15, 0.2) is 5.82 Å². The number of hydrogen-bond acceptors (Lipinski definition) is 5. The first-order valence-corrected chi connectivity index (χ1v) is 10.2. The molecular weight excluding hydrogens is 368 g/mol. The number of rotatable bonds is 4. The van der Waals surface area contributed by atoms with Gasteiger partial charge in [0.2, 0.25) is 5.88 Å². The molecule has 7 nitrogen and oxygen atoms in total. The summed E-state index contributed by atoms with van der Waals surface area (Å²) in [6, 6.07) is 11.7. The van der Waals surface area contributed by atoms with E-state index in [9.17, 15) is 4.79 Å². The zero-order valence-corrected chi connectivity index (χ0v) is 16.2. The number of carbonyl (C=O) groups is 1. The van der Waals surface area contributed by atoms with Crippen molar-refractivity contribution in [2.75, 3.05) is 26.3 Å². The molecule has 3 aromatic rings. The third-order valence-corrected chi connectivity index (χ3v) is 5.76. The Hall–Kier alpha value is -2.93. The van der Waals surface area contributed by atoms with Crippen molar-refractivity contribution in [1.82, 2.24) is 19.9 Å². The number of amides is 1. The van der Waals surface area contributed by atoms with Crippen molar-refractivity contribution in [1.29, 1.82) is 0 Å². The zero-order chi connectivity index (χ0) is 19.6. The number of H-pyrrole nitrogens is 1. The molecule has 1 amide bonds. The van der Waals surface area contributed by atoms with Gasteiger partial charge in [0.1, 0.15) is 6.10 Å². The number of nitrogens with one attached hydrogen (secondary N) is 1. The molecule has 0 radical (unpaired) electrons. The fraction of sp³-hybridized carbons (Fsp3) is 0.409. The van der Waals surface area contributed by atoms with Crippen LogP contribution in [0.5, 0.6) is 5.88 Å². The second-order valence-electron chi connectivity index (χ2n) is 7.67. The predicted molar refractivity (Wildman–Crippen MR) is 108 cm³/mol. The van der Waals surface area contributed by atoms with Crippen LogP contribution >= 0.6 is 0 Å². The molecule has 2 fully saturated rings. The number of para-hydroxylation sites is 2. The minimum atomic E-state index is -0.0852. The smallest absolute Gasteiger partial charge is 0.289 e. The van der Waals surface area contributed by atoms with E-state index in [1.165, 1.54) is 0 Å². The summed E-state index contributed by atoms with van der Waals surface area (Å²) in [6.45, 7) is 2.75. The quantitative estimate of drug-likeness (QED) is 0.738. The number of aromatic amines is 1. The number of pyridine rings is 1. The summed E-state index contributed by atoms with van der Waals surface area (Å²) in [6.07, 6.45) is 4.48. The first-order valence-electron chi connectivity index (χ1n) is 10.2. The van der Waals surface area contributed by atoms with Gasteiger partial charge in [0.25, 0.3) is 5.91 Å².